The topological polar surface area (TPSA) is 57.6 Å². The van der Waals surface area contributed by atoms with Gasteiger partial charge in [0.2, 0.25) is 5.91 Å². The summed E-state index contributed by atoms with van der Waals surface area (Å²) in [6, 6.07) is 5.81. The van der Waals surface area contributed by atoms with E-state index in [0.717, 1.165) is 0 Å². The lowest BCUT2D eigenvalue weighted by molar-refractivity contribution is -0.139. The predicted molar refractivity (Wildman–Crippen MR) is 73.9 cm³/mol. The fourth-order valence-corrected chi connectivity index (χ4v) is 2.01. The minimum Gasteiger partial charge on any atom is -0.481 e. The quantitative estimate of drug-likeness (QED) is 0.872. The van der Waals surface area contributed by atoms with Crippen LogP contribution in [0.2, 0.25) is 0 Å². The Balaban J connectivity index is 2.85. The number of aliphatic carboxylic acids is 1. The Morgan fingerprint density at radius 2 is 1.95 bits per heavy atom. The Bertz CT molecular complexity index is 488. The monoisotopic (exact) mass is 281 g/mol. The summed E-state index contributed by atoms with van der Waals surface area (Å²) >= 11 is 0. The van der Waals surface area contributed by atoms with Crippen LogP contribution >= 0.6 is 0 Å². The van der Waals surface area contributed by atoms with Gasteiger partial charge in [0.15, 0.2) is 0 Å². The number of carboxylic acids is 1. The summed E-state index contributed by atoms with van der Waals surface area (Å²) < 4.78 is 13.2. The summed E-state index contributed by atoms with van der Waals surface area (Å²) in [5.41, 5.74) is 0.593. The molecule has 0 spiro atoms. The maximum atomic E-state index is 13.2. The molecule has 1 rings (SSSR count). The summed E-state index contributed by atoms with van der Waals surface area (Å²) in [5, 5.41) is 8.73. The van der Waals surface area contributed by atoms with Gasteiger partial charge >= 0.3 is 5.97 Å². The molecule has 20 heavy (non-hydrogen) atoms. The second-order valence-corrected chi connectivity index (χ2v) is 5.05. The molecule has 0 aliphatic carbocycles. The van der Waals surface area contributed by atoms with Crippen molar-refractivity contribution in [2.24, 2.45) is 0 Å². The van der Waals surface area contributed by atoms with Gasteiger partial charge in [0.05, 0.1) is 12.3 Å². The highest BCUT2D eigenvalue weighted by Gasteiger charge is 2.24. The molecule has 0 radical (unpaired) electrons. The fourth-order valence-electron chi connectivity index (χ4n) is 2.01. The van der Waals surface area contributed by atoms with Crippen LogP contribution in [0.3, 0.4) is 0 Å². The molecule has 1 N–H and O–H groups in total. The number of halogens is 1. The Morgan fingerprint density at radius 3 is 2.45 bits per heavy atom. The lowest BCUT2D eigenvalue weighted by Crippen LogP contribution is -2.40. The number of amides is 1. The number of hydrogen-bond acceptors (Lipinski definition) is 2. The molecule has 0 fully saturated rings. The van der Waals surface area contributed by atoms with Gasteiger partial charge in [-0.25, -0.2) is 4.39 Å². The molecule has 1 aromatic rings. The molecule has 5 heteroatoms. The van der Waals surface area contributed by atoms with Crippen molar-refractivity contribution in [1.29, 1.82) is 0 Å². The average Bonchev–Trinajstić information content (AvgIpc) is 2.37. The summed E-state index contributed by atoms with van der Waals surface area (Å²) in [4.78, 5) is 24.6. The number of nitrogens with zero attached hydrogens (tertiary/aromatic N) is 1. The van der Waals surface area contributed by atoms with Gasteiger partial charge in [-0.05, 0) is 38.5 Å². The molecule has 0 saturated carbocycles. The molecule has 4 nitrogen and oxygen atoms in total. The molecule has 0 bridgehead atoms. The van der Waals surface area contributed by atoms with Crippen LogP contribution < -0.4 is 0 Å². The lowest BCUT2D eigenvalue weighted by Gasteiger charge is -2.29. The maximum absolute atomic E-state index is 13.2. The first kappa shape index (κ1) is 16.1. The smallest absolute Gasteiger partial charge is 0.305 e. The van der Waals surface area contributed by atoms with Crippen molar-refractivity contribution in [1.82, 2.24) is 4.90 Å². The standard InChI is InChI=1S/C15H20FNO3/c1-10(2)17(8-7-14(18)19)15(20)11(3)12-5-4-6-13(16)9-12/h4-6,9-11H,7-8H2,1-3H3,(H,18,19). The molecule has 0 heterocycles. The Hall–Kier alpha value is -1.91. The van der Waals surface area contributed by atoms with Crippen LogP contribution in [0, 0.1) is 5.82 Å². The average molecular weight is 281 g/mol. The van der Waals surface area contributed by atoms with E-state index < -0.39 is 11.9 Å². The highest BCUT2D eigenvalue weighted by molar-refractivity contribution is 5.84. The van der Waals surface area contributed by atoms with Crippen LogP contribution in [0.4, 0.5) is 4.39 Å². The molecule has 0 saturated heterocycles. The van der Waals surface area contributed by atoms with E-state index in [1.165, 1.54) is 17.0 Å². The van der Waals surface area contributed by atoms with Gasteiger partial charge in [-0.2, -0.15) is 0 Å². The van der Waals surface area contributed by atoms with E-state index in [0.29, 0.717) is 5.56 Å². The van der Waals surface area contributed by atoms with Crippen LogP contribution in [0.5, 0.6) is 0 Å². The van der Waals surface area contributed by atoms with E-state index in [2.05, 4.69) is 0 Å². The molecular weight excluding hydrogens is 261 g/mol. The largest absolute Gasteiger partial charge is 0.481 e. The molecular formula is C15H20FNO3. The SMILES string of the molecule is CC(C(=O)N(CCC(=O)O)C(C)C)c1cccc(F)c1. The minimum absolute atomic E-state index is 0.0974. The van der Waals surface area contributed by atoms with Crippen molar-refractivity contribution < 1.29 is 19.1 Å². The van der Waals surface area contributed by atoms with Crippen molar-refractivity contribution in [3.63, 3.8) is 0 Å². The van der Waals surface area contributed by atoms with E-state index in [1.54, 1.807) is 19.1 Å². The normalized spacial score (nSPS) is 12.2. The number of rotatable bonds is 6. The Kier molecular flexibility index (Phi) is 5.67. The number of carboxylic acid groups (broad SMARTS) is 1. The van der Waals surface area contributed by atoms with Crippen LogP contribution in [0.25, 0.3) is 0 Å². The molecule has 0 aliphatic heterocycles. The first-order chi connectivity index (χ1) is 9.32. The predicted octanol–water partition coefficient (Wildman–Crippen LogP) is 2.64. The summed E-state index contributed by atoms with van der Waals surface area (Å²) in [5.74, 6) is -2.01. The van der Waals surface area contributed by atoms with Crippen molar-refractivity contribution in [3.8, 4) is 0 Å². The van der Waals surface area contributed by atoms with Gasteiger partial charge in [-0.15, -0.1) is 0 Å². The number of benzene rings is 1. The zero-order chi connectivity index (χ0) is 15.3. The first-order valence-corrected chi connectivity index (χ1v) is 6.60. The second kappa shape index (κ2) is 7.03. The highest BCUT2D eigenvalue weighted by Crippen LogP contribution is 2.20. The van der Waals surface area contributed by atoms with Crippen LogP contribution in [-0.2, 0) is 9.59 Å². The van der Waals surface area contributed by atoms with E-state index in [9.17, 15) is 14.0 Å². The summed E-state index contributed by atoms with van der Waals surface area (Å²) in [7, 11) is 0. The van der Waals surface area contributed by atoms with Crippen molar-refractivity contribution in [2.45, 2.75) is 39.2 Å². The van der Waals surface area contributed by atoms with Crippen LogP contribution in [0.1, 0.15) is 38.7 Å². The third kappa shape index (κ3) is 4.33. The molecule has 0 aromatic heterocycles. The third-order valence-corrected chi connectivity index (χ3v) is 3.19. The summed E-state index contributed by atoms with van der Waals surface area (Å²) in [6.07, 6.45) is -0.0974. The van der Waals surface area contributed by atoms with E-state index >= 15 is 0 Å². The molecule has 0 aliphatic rings. The van der Waals surface area contributed by atoms with Crippen LogP contribution in [0.15, 0.2) is 24.3 Å². The molecule has 1 aromatic carbocycles. The zero-order valence-electron chi connectivity index (χ0n) is 12.0. The zero-order valence-corrected chi connectivity index (χ0v) is 12.0. The van der Waals surface area contributed by atoms with Gasteiger partial charge < -0.3 is 10.0 Å². The lowest BCUT2D eigenvalue weighted by atomic mass is 9.99. The van der Waals surface area contributed by atoms with Crippen molar-refractivity contribution in [3.05, 3.63) is 35.6 Å². The number of hydrogen-bond donors (Lipinski definition) is 1. The molecule has 1 atom stereocenters. The van der Waals surface area contributed by atoms with E-state index in [4.69, 9.17) is 5.11 Å². The second-order valence-electron chi connectivity index (χ2n) is 5.05. The van der Waals surface area contributed by atoms with E-state index in [1.807, 2.05) is 13.8 Å². The Morgan fingerprint density at radius 1 is 1.30 bits per heavy atom. The molecule has 110 valence electrons. The fraction of sp³-hybridized carbons (Fsp3) is 0.467. The van der Waals surface area contributed by atoms with Crippen molar-refractivity contribution in [2.75, 3.05) is 6.54 Å². The van der Waals surface area contributed by atoms with E-state index in [-0.39, 0.29) is 30.7 Å². The Labute approximate surface area is 118 Å². The van der Waals surface area contributed by atoms with Crippen LogP contribution in [-0.4, -0.2) is 34.5 Å². The summed E-state index contributed by atoms with van der Waals surface area (Å²) in [6.45, 7) is 5.52. The van der Waals surface area contributed by atoms with Gasteiger partial charge in [0, 0.05) is 12.6 Å². The minimum atomic E-state index is -0.943. The van der Waals surface area contributed by atoms with Gasteiger partial charge in [-0.1, -0.05) is 12.1 Å². The van der Waals surface area contributed by atoms with Crippen molar-refractivity contribution >= 4 is 11.9 Å². The van der Waals surface area contributed by atoms with Gasteiger partial charge in [-0.3, -0.25) is 9.59 Å². The number of carbonyl (C=O) groups excluding carboxylic acids is 1. The molecule has 1 unspecified atom stereocenters. The van der Waals surface area contributed by atoms with Gasteiger partial charge in [0.25, 0.3) is 0 Å². The molecule has 1 amide bonds. The third-order valence-electron chi connectivity index (χ3n) is 3.19. The maximum Gasteiger partial charge on any atom is 0.305 e. The number of carbonyl (C=O) groups is 2. The first-order valence-electron chi connectivity index (χ1n) is 6.60. The highest BCUT2D eigenvalue weighted by atomic mass is 19.1. The van der Waals surface area contributed by atoms with Gasteiger partial charge in [0.1, 0.15) is 5.82 Å².